The predicted octanol–water partition coefficient (Wildman–Crippen LogP) is 4.18. The predicted molar refractivity (Wildman–Crippen MR) is 87.8 cm³/mol. The molecule has 1 aromatic carbocycles. The van der Waals surface area contributed by atoms with Crippen LogP contribution < -0.4 is 4.74 Å². The number of aliphatic hydroxyl groups excluding tert-OH is 1. The van der Waals surface area contributed by atoms with Crippen LogP contribution in [-0.4, -0.2) is 11.7 Å². The molecule has 0 amide bonds. The molecule has 1 heterocycles. The van der Waals surface area contributed by atoms with Crippen LogP contribution in [0.25, 0.3) is 0 Å². The lowest BCUT2D eigenvalue weighted by molar-refractivity contribution is 0.305. The number of hydrogen-bond acceptors (Lipinski definition) is 3. The van der Waals surface area contributed by atoms with Crippen LogP contribution in [0.5, 0.6) is 5.75 Å². The molecule has 0 bridgehead atoms. The van der Waals surface area contributed by atoms with E-state index in [2.05, 4.69) is 31.8 Å². The van der Waals surface area contributed by atoms with Crippen LogP contribution >= 0.6 is 11.3 Å². The first-order valence-electron chi connectivity index (χ1n) is 7.09. The van der Waals surface area contributed by atoms with Gasteiger partial charge in [0, 0.05) is 22.2 Å². The summed E-state index contributed by atoms with van der Waals surface area (Å²) >= 11 is 1.65. The summed E-state index contributed by atoms with van der Waals surface area (Å²) in [6.45, 7) is 5.01. The van der Waals surface area contributed by atoms with Crippen LogP contribution in [0.4, 0.5) is 0 Å². The number of hydrogen-bond donors (Lipinski definition) is 1. The number of aliphatic hydroxyl groups is 1. The van der Waals surface area contributed by atoms with Crippen molar-refractivity contribution >= 4 is 11.3 Å². The molecule has 0 spiro atoms. The SMILES string of the molecule is CC(C)c1ccccc1OCc1cc(C#CCCO)cs1. The molecule has 2 nitrogen and oxygen atoms in total. The van der Waals surface area contributed by atoms with Gasteiger partial charge in [-0.05, 0) is 23.6 Å². The first-order valence-corrected chi connectivity index (χ1v) is 7.97. The van der Waals surface area contributed by atoms with E-state index in [1.54, 1.807) is 11.3 Å². The van der Waals surface area contributed by atoms with Crippen LogP contribution in [-0.2, 0) is 6.61 Å². The molecule has 0 aliphatic heterocycles. The highest BCUT2D eigenvalue weighted by molar-refractivity contribution is 7.10. The Balaban J connectivity index is 2.00. The molecule has 3 heteroatoms. The second-order valence-electron chi connectivity index (χ2n) is 5.06. The minimum atomic E-state index is 0.110. The number of para-hydroxylation sites is 1. The largest absolute Gasteiger partial charge is 0.488 e. The summed E-state index contributed by atoms with van der Waals surface area (Å²) in [4.78, 5) is 1.15. The van der Waals surface area contributed by atoms with E-state index in [0.29, 0.717) is 18.9 Å². The molecule has 0 saturated heterocycles. The van der Waals surface area contributed by atoms with Crippen molar-refractivity contribution in [3.63, 3.8) is 0 Å². The molecular weight excluding hydrogens is 280 g/mol. The highest BCUT2D eigenvalue weighted by Crippen LogP contribution is 2.27. The number of thiophene rings is 1. The zero-order valence-corrected chi connectivity index (χ0v) is 13.2. The van der Waals surface area contributed by atoms with Crippen molar-refractivity contribution < 1.29 is 9.84 Å². The standard InChI is InChI=1S/C18H20O2S/c1-14(2)17-8-3-4-9-18(17)20-12-16-11-15(13-21-16)7-5-6-10-19/h3-4,8-9,11,13-14,19H,6,10,12H2,1-2H3. The van der Waals surface area contributed by atoms with E-state index in [-0.39, 0.29) is 6.61 Å². The molecular formula is C18H20O2S. The quantitative estimate of drug-likeness (QED) is 0.839. The van der Waals surface area contributed by atoms with E-state index in [9.17, 15) is 0 Å². The van der Waals surface area contributed by atoms with Gasteiger partial charge in [0.05, 0.1) is 6.61 Å². The first kappa shape index (κ1) is 15.6. The van der Waals surface area contributed by atoms with E-state index in [1.165, 1.54) is 5.56 Å². The molecule has 0 fully saturated rings. The molecule has 0 aliphatic carbocycles. The Labute approximate surface area is 130 Å². The van der Waals surface area contributed by atoms with Gasteiger partial charge >= 0.3 is 0 Å². The van der Waals surface area contributed by atoms with E-state index in [4.69, 9.17) is 9.84 Å². The fourth-order valence-corrected chi connectivity index (χ4v) is 2.71. The topological polar surface area (TPSA) is 29.5 Å². The van der Waals surface area contributed by atoms with Gasteiger partial charge in [-0.25, -0.2) is 0 Å². The monoisotopic (exact) mass is 300 g/mol. The highest BCUT2D eigenvalue weighted by Gasteiger charge is 2.07. The van der Waals surface area contributed by atoms with Crippen LogP contribution in [0.3, 0.4) is 0 Å². The molecule has 2 rings (SSSR count). The Morgan fingerprint density at radius 2 is 2.10 bits per heavy atom. The summed E-state index contributed by atoms with van der Waals surface area (Å²) < 4.78 is 5.95. The average molecular weight is 300 g/mol. The van der Waals surface area contributed by atoms with E-state index >= 15 is 0 Å². The molecule has 1 N–H and O–H groups in total. The number of rotatable bonds is 5. The third-order valence-electron chi connectivity index (χ3n) is 3.03. The Hall–Kier alpha value is -1.76. The smallest absolute Gasteiger partial charge is 0.123 e. The average Bonchev–Trinajstić information content (AvgIpc) is 2.93. The summed E-state index contributed by atoms with van der Waals surface area (Å²) in [5.74, 6) is 7.37. The molecule has 0 saturated carbocycles. The van der Waals surface area contributed by atoms with Gasteiger partial charge in [-0.3, -0.25) is 0 Å². The lowest BCUT2D eigenvalue weighted by Crippen LogP contribution is -1.98. The van der Waals surface area contributed by atoms with Crippen LogP contribution in [0.15, 0.2) is 35.7 Å². The molecule has 0 atom stereocenters. The lowest BCUT2D eigenvalue weighted by atomic mass is 10.0. The Bertz CT molecular complexity index is 632. The first-order chi connectivity index (χ1) is 10.2. The summed E-state index contributed by atoms with van der Waals surface area (Å²) in [6.07, 6.45) is 0.517. The van der Waals surface area contributed by atoms with Crippen molar-refractivity contribution in [2.75, 3.05) is 6.61 Å². The van der Waals surface area contributed by atoms with Crippen LogP contribution in [0.1, 0.15) is 42.2 Å². The zero-order valence-electron chi connectivity index (χ0n) is 12.4. The van der Waals surface area contributed by atoms with Crippen LogP contribution in [0.2, 0.25) is 0 Å². The van der Waals surface area contributed by atoms with Crippen molar-refractivity contribution in [2.24, 2.45) is 0 Å². The molecule has 0 unspecified atom stereocenters. The van der Waals surface area contributed by atoms with Gasteiger partial charge in [-0.1, -0.05) is 43.9 Å². The minimum absolute atomic E-state index is 0.110. The van der Waals surface area contributed by atoms with Gasteiger partial charge in [0.2, 0.25) is 0 Å². The summed E-state index contributed by atoms with van der Waals surface area (Å²) in [5, 5.41) is 10.7. The Morgan fingerprint density at radius 1 is 1.29 bits per heavy atom. The third-order valence-corrected chi connectivity index (χ3v) is 3.94. The van der Waals surface area contributed by atoms with Crippen molar-refractivity contribution in [2.45, 2.75) is 32.8 Å². The second-order valence-corrected chi connectivity index (χ2v) is 6.05. The van der Waals surface area contributed by atoms with Gasteiger partial charge < -0.3 is 9.84 Å². The maximum Gasteiger partial charge on any atom is 0.123 e. The lowest BCUT2D eigenvalue weighted by Gasteiger charge is -2.13. The minimum Gasteiger partial charge on any atom is -0.488 e. The number of benzene rings is 1. The normalized spacial score (nSPS) is 10.3. The molecule has 21 heavy (non-hydrogen) atoms. The second kappa shape index (κ2) is 7.87. The van der Waals surface area contributed by atoms with Gasteiger partial charge in [0.25, 0.3) is 0 Å². The van der Waals surface area contributed by atoms with E-state index in [1.807, 2.05) is 29.6 Å². The van der Waals surface area contributed by atoms with Crippen LogP contribution in [0, 0.1) is 11.8 Å². The Morgan fingerprint density at radius 3 is 2.86 bits per heavy atom. The van der Waals surface area contributed by atoms with Gasteiger partial charge in [-0.15, -0.1) is 11.3 Å². The fraction of sp³-hybridized carbons (Fsp3) is 0.333. The van der Waals surface area contributed by atoms with Crippen molar-refractivity contribution in [1.29, 1.82) is 0 Å². The van der Waals surface area contributed by atoms with Gasteiger partial charge in [0.1, 0.15) is 12.4 Å². The van der Waals surface area contributed by atoms with Crippen molar-refractivity contribution in [3.05, 3.63) is 51.7 Å². The van der Waals surface area contributed by atoms with E-state index in [0.717, 1.165) is 16.2 Å². The van der Waals surface area contributed by atoms with Gasteiger partial charge in [-0.2, -0.15) is 0 Å². The van der Waals surface area contributed by atoms with Gasteiger partial charge in [0.15, 0.2) is 0 Å². The molecule has 110 valence electrons. The van der Waals surface area contributed by atoms with Crippen molar-refractivity contribution in [3.8, 4) is 17.6 Å². The molecule has 2 aromatic rings. The molecule has 1 aromatic heterocycles. The molecule has 0 radical (unpaired) electrons. The number of ether oxygens (including phenoxy) is 1. The maximum absolute atomic E-state index is 8.71. The maximum atomic E-state index is 8.71. The highest BCUT2D eigenvalue weighted by atomic mass is 32.1. The fourth-order valence-electron chi connectivity index (χ4n) is 1.98. The Kier molecular flexibility index (Phi) is 5.86. The van der Waals surface area contributed by atoms with Crippen molar-refractivity contribution in [1.82, 2.24) is 0 Å². The summed E-state index contributed by atoms with van der Waals surface area (Å²) in [6, 6.07) is 10.2. The van der Waals surface area contributed by atoms with E-state index < -0.39 is 0 Å². The zero-order chi connectivity index (χ0) is 15.1. The summed E-state index contributed by atoms with van der Waals surface area (Å²) in [5.41, 5.74) is 2.22. The summed E-state index contributed by atoms with van der Waals surface area (Å²) in [7, 11) is 0. The third kappa shape index (κ3) is 4.63. The molecule has 0 aliphatic rings.